The maximum atomic E-state index is 11.7. The van der Waals surface area contributed by atoms with Crippen molar-refractivity contribution in [2.75, 3.05) is 0 Å². The first kappa shape index (κ1) is 12.8. The Balaban J connectivity index is 2.83. The van der Waals surface area contributed by atoms with Gasteiger partial charge in [-0.15, -0.1) is 0 Å². The van der Waals surface area contributed by atoms with Crippen molar-refractivity contribution in [3.05, 3.63) is 29.8 Å². The number of ether oxygens (including phenoxy) is 1. The third-order valence-corrected chi connectivity index (χ3v) is 1.99. The third kappa shape index (κ3) is 3.38. The van der Waals surface area contributed by atoms with E-state index in [2.05, 4.69) is 0 Å². The first-order valence-electron chi connectivity index (χ1n) is 5.14. The van der Waals surface area contributed by atoms with Gasteiger partial charge in [0.15, 0.2) is 0 Å². The zero-order valence-corrected chi connectivity index (χ0v) is 9.86. The highest BCUT2D eigenvalue weighted by molar-refractivity contribution is 6.33. The minimum Gasteiger partial charge on any atom is -0.459 e. The van der Waals surface area contributed by atoms with Gasteiger partial charge in [0.1, 0.15) is 19.5 Å². The lowest BCUT2D eigenvalue weighted by molar-refractivity contribution is -0.156. The molecule has 1 atom stereocenters. The van der Waals surface area contributed by atoms with Gasteiger partial charge in [-0.3, -0.25) is 0 Å². The Hall–Kier alpha value is -1.29. The highest BCUT2D eigenvalue weighted by atomic mass is 16.6. The Kier molecular flexibility index (Phi) is 3.76. The van der Waals surface area contributed by atoms with E-state index in [0.717, 1.165) is 0 Å². The Labute approximate surface area is 97.4 Å². The number of benzene rings is 1. The molecule has 2 radical (unpaired) electrons. The Morgan fingerprint density at radius 3 is 2.44 bits per heavy atom. The first-order chi connectivity index (χ1) is 7.31. The van der Waals surface area contributed by atoms with Crippen molar-refractivity contribution in [2.24, 2.45) is 5.73 Å². The average Bonchev–Trinajstić information content (AvgIpc) is 2.15. The highest BCUT2D eigenvalue weighted by Gasteiger charge is 2.23. The quantitative estimate of drug-likeness (QED) is 0.589. The SMILES string of the molecule is [B]c1ccccc1C(N)C(=O)OC(C)(C)C. The summed E-state index contributed by atoms with van der Waals surface area (Å²) in [6.45, 7) is 5.39. The van der Waals surface area contributed by atoms with E-state index in [1.54, 1.807) is 45.0 Å². The van der Waals surface area contributed by atoms with Crippen LogP contribution in [0.4, 0.5) is 0 Å². The highest BCUT2D eigenvalue weighted by Crippen LogP contribution is 2.14. The van der Waals surface area contributed by atoms with Crippen LogP contribution in [0.15, 0.2) is 24.3 Å². The molecule has 4 heteroatoms. The van der Waals surface area contributed by atoms with E-state index in [0.29, 0.717) is 11.0 Å². The van der Waals surface area contributed by atoms with E-state index in [9.17, 15) is 4.79 Å². The second-order valence-corrected chi connectivity index (χ2v) is 4.64. The average molecular weight is 217 g/mol. The molecule has 1 unspecified atom stereocenters. The topological polar surface area (TPSA) is 52.3 Å². The molecule has 0 bridgehead atoms. The molecule has 0 spiro atoms. The fourth-order valence-corrected chi connectivity index (χ4v) is 1.29. The molecule has 0 aliphatic carbocycles. The van der Waals surface area contributed by atoms with E-state index in [4.69, 9.17) is 18.3 Å². The lowest BCUT2D eigenvalue weighted by atomic mass is 9.87. The van der Waals surface area contributed by atoms with Gasteiger partial charge in [0.05, 0.1) is 0 Å². The minimum absolute atomic E-state index is 0.467. The summed E-state index contributed by atoms with van der Waals surface area (Å²) in [5.41, 5.74) is 6.34. The van der Waals surface area contributed by atoms with Gasteiger partial charge in [0, 0.05) is 0 Å². The van der Waals surface area contributed by atoms with E-state index in [1.165, 1.54) is 0 Å². The number of carbonyl (C=O) groups excluding carboxylic acids is 1. The van der Waals surface area contributed by atoms with E-state index < -0.39 is 17.6 Å². The van der Waals surface area contributed by atoms with Gasteiger partial charge in [0.2, 0.25) is 0 Å². The van der Waals surface area contributed by atoms with Crippen molar-refractivity contribution in [2.45, 2.75) is 32.4 Å². The van der Waals surface area contributed by atoms with Gasteiger partial charge in [-0.05, 0) is 26.3 Å². The summed E-state index contributed by atoms with van der Waals surface area (Å²) in [5, 5.41) is 0. The molecular weight excluding hydrogens is 201 g/mol. The molecule has 0 aliphatic rings. The number of hydrogen-bond donors (Lipinski definition) is 1. The van der Waals surface area contributed by atoms with Crippen LogP contribution in [0.1, 0.15) is 32.4 Å². The van der Waals surface area contributed by atoms with Crippen molar-refractivity contribution in [1.29, 1.82) is 0 Å². The van der Waals surface area contributed by atoms with Crippen LogP contribution in [0, 0.1) is 0 Å². The first-order valence-corrected chi connectivity index (χ1v) is 5.14. The Bertz CT molecular complexity index is 385. The number of hydrogen-bond acceptors (Lipinski definition) is 3. The normalized spacial score (nSPS) is 13.2. The molecule has 84 valence electrons. The molecule has 1 rings (SSSR count). The minimum atomic E-state index is -0.833. The van der Waals surface area contributed by atoms with Crippen molar-refractivity contribution < 1.29 is 9.53 Å². The molecule has 0 fully saturated rings. The molecule has 2 N–H and O–H groups in total. The zero-order chi connectivity index (χ0) is 12.3. The van der Waals surface area contributed by atoms with Crippen LogP contribution >= 0.6 is 0 Å². The largest absolute Gasteiger partial charge is 0.459 e. The summed E-state index contributed by atoms with van der Waals surface area (Å²) >= 11 is 0. The number of nitrogens with two attached hydrogens (primary N) is 1. The molecule has 0 amide bonds. The van der Waals surface area contributed by atoms with Gasteiger partial charge in [-0.25, -0.2) is 4.79 Å². The number of esters is 1. The van der Waals surface area contributed by atoms with Crippen LogP contribution < -0.4 is 11.2 Å². The lowest BCUT2D eigenvalue weighted by Gasteiger charge is -2.23. The molecule has 1 aromatic carbocycles. The second kappa shape index (κ2) is 4.70. The van der Waals surface area contributed by atoms with Crippen LogP contribution in [0.5, 0.6) is 0 Å². The number of rotatable bonds is 2. The summed E-state index contributed by atoms with van der Waals surface area (Å²) in [6, 6.07) is 6.18. The van der Waals surface area contributed by atoms with Crippen molar-refractivity contribution in [3.63, 3.8) is 0 Å². The lowest BCUT2D eigenvalue weighted by Crippen LogP contribution is -2.34. The fraction of sp³-hybridized carbons (Fsp3) is 0.417. The predicted molar refractivity (Wildman–Crippen MR) is 64.6 cm³/mol. The van der Waals surface area contributed by atoms with Crippen LogP contribution in [0.2, 0.25) is 0 Å². The van der Waals surface area contributed by atoms with Crippen LogP contribution in [-0.2, 0) is 9.53 Å². The monoisotopic (exact) mass is 217 g/mol. The summed E-state index contributed by atoms with van der Waals surface area (Å²) in [6.07, 6.45) is 0. The summed E-state index contributed by atoms with van der Waals surface area (Å²) in [5.74, 6) is -0.467. The van der Waals surface area contributed by atoms with E-state index in [1.807, 2.05) is 0 Å². The number of carbonyl (C=O) groups is 1. The van der Waals surface area contributed by atoms with Gasteiger partial charge < -0.3 is 10.5 Å². The Morgan fingerprint density at radius 1 is 1.38 bits per heavy atom. The molecule has 3 nitrogen and oxygen atoms in total. The molecule has 0 saturated heterocycles. The summed E-state index contributed by atoms with van der Waals surface area (Å²) < 4.78 is 5.19. The standard InChI is InChI=1S/C12H16BNO2/c1-12(2,3)16-11(15)10(14)8-6-4-5-7-9(8)13/h4-7,10H,14H2,1-3H3. The van der Waals surface area contributed by atoms with E-state index in [-0.39, 0.29) is 0 Å². The maximum Gasteiger partial charge on any atom is 0.328 e. The molecular formula is C12H16BNO2. The van der Waals surface area contributed by atoms with Crippen LogP contribution in [0.25, 0.3) is 0 Å². The predicted octanol–water partition coefficient (Wildman–Crippen LogP) is 0.822. The summed E-state index contributed by atoms with van der Waals surface area (Å²) in [4.78, 5) is 11.7. The van der Waals surface area contributed by atoms with E-state index >= 15 is 0 Å². The molecule has 0 aliphatic heterocycles. The smallest absolute Gasteiger partial charge is 0.328 e. The molecule has 0 saturated carbocycles. The molecule has 0 heterocycles. The van der Waals surface area contributed by atoms with Crippen molar-refractivity contribution in [1.82, 2.24) is 0 Å². The Morgan fingerprint density at radius 2 is 1.94 bits per heavy atom. The van der Waals surface area contributed by atoms with Gasteiger partial charge in [-0.2, -0.15) is 0 Å². The van der Waals surface area contributed by atoms with Crippen molar-refractivity contribution >= 4 is 19.3 Å². The third-order valence-electron chi connectivity index (χ3n) is 1.99. The van der Waals surface area contributed by atoms with Crippen molar-refractivity contribution in [3.8, 4) is 0 Å². The van der Waals surface area contributed by atoms with Gasteiger partial charge >= 0.3 is 5.97 Å². The second-order valence-electron chi connectivity index (χ2n) is 4.64. The molecule has 16 heavy (non-hydrogen) atoms. The maximum absolute atomic E-state index is 11.7. The van der Waals surface area contributed by atoms with Gasteiger partial charge in [-0.1, -0.05) is 29.7 Å². The van der Waals surface area contributed by atoms with Crippen LogP contribution in [-0.4, -0.2) is 19.4 Å². The zero-order valence-electron chi connectivity index (χ0n) is 9.86. The molecule has 1 aromatic rings. The summed E-state index contributed by atoms with van der Waals surface area (Å²) in [7, 11) is 5.74. The van der Waals surface area contributed by atoms with Gasteiger partial charge in [0.25, 0.3) is 0 Å². The van der Waals surface area contributed by atoms with Crippen LogP contribution in [0.3, 0.4) is 0 Å². The fourth-order valence-electron chi connectivity index (χ4n) is 1.29. The molecule has 0 aromatic heterocycles.